The largest absolute Gasteiger partial charge is 0.311 e. The first-order valence-electron chi connectivity index (χ1n) is 4.71. The number of halogens is 2. The van der Waals surface area contributed by atoms with Gasteiger partial charge in [-0.2, -0.15) is 0 Å². The van der Waals surface area contributed by atoms with Crippen LogP contribution in [0.4, 0.5) is 10.7 Å². The van der Waals surface area contributed by atoms with E-state index in [9.17, 15) is 14.9 Å². The zero-order valence-corrected chi connectivity index (χ0v) is 11.3. The number of nitro benzene ring substituents is 1. The molecule has 0 spiro atoms. The van der Waals surface area contributed by atoms with Crippen LogP contribution in [-0.2, 0) is 0 Å². The molecule has 0 aliphatic rings. The molecule has 2 rings (SSSR count). The van der Waals surface area contributed by atoms with Gasteiger partial charge >= 0.3 is 0 Å². The monoisotopic (exact) mass is 318 g/mol. The van der Waals surface area contributed by atoms with Gasteiger partial charge in [-0.1, -0.05) is 27.7 Å². The Hall–Kier alpha value is -1.77. The summed E-state index contributed by atoms with van der Waals surface area (Å²) in [6.45, 7) is 0. The van der Waals surface area contributed by atoms with Crippen molar-refractivity contribution in [3.05, 3.63) is 44.1 Å². The first kappa shape index (κ1) is 13.7. The van der Waals surface area contributed by atoms with Crippen LogP contribution in [0.2, 0.25) is 10.0 Å². The Morgan fingerprint density at radius 3 is 2.74 bits per heavy atom. The van der Waals surface area contributed by atoms with Crippen LogP contribution in [0.15, 0.2) is 18.3 Å². The molecule has 7 nitrogen and oxygen atoms in total. The zero-order valence-electron chi connectivity index (χ0n) is 8.96. The highest BCUT2D eigenvalue weighted by Crippen LogP contribution is 2.33. The molecule has 2 aromatic rings. The molecule has 0 unspecified atom stereocenters. The standard InChI is InChI=1S/C9H4Cl2N4O3S/c10-5-1-4(2-6(8(5)11)15(17)18)9(16)13-7-3-12-14-19-7/h1-3H,(H,13,16). The quantitative estimate of drug-likeness (QED) is 0.692. The molecule has 1 N–H and O–H groups in total. The van der Waals surface area contributed by atoms with Gasteiger partial charge in [-0.05, 0) is 6.07 Å². The van der Waals surface area contributed by atoms with Gasteiger partial charge in [0.25, 0.3) is 11.6 Å². The number of hydrogen-bond donors (Lipinski definition) is 1. The number of anilines is 1. The second-order valence-electron chi connectivity index (χ2n) is 3.28. The Kier molecular flexibility index (Phi) is 3.93. The van der Waals surface area contributed by atoms with Crippen molar-refractivity contribution in [3.8, 4) is 0 Å². The van der Waals surface area contributed by atoms with E-state index in [0.29, 0.717) is 5.00 Å². The molecule has 1 aromatic heterocycles. The van der Waals surface area contributed by atoms with Crippen molar-refractivity contribution in [1.82, 2.24) is 9.59 Å². The predicted octanol–water partition coefficient (Wildman–Crippen LogP) is 3.01. The van der Waals surface area contributed by atoms with Crippen molar-refractivity contribution in [3.63, 3.8) is 0 Å². The molecule has 1 aromatic carbocycles. The minimum absolute atomic E-state index is 0.0227. The van der Waals surface area contributed by atoms with Crippen molar-refractivity contribution in [2.75, 3.05) is 5.32 Å². The summed E-state index contributed by atoms with van der Waals surface area (Å²) in [5.74, 6) is -0.562. The van der Waals surface area contributed by atoms with Gasteiger partial charge in [-0.15, -0.1) is 5.10 Å². The third-order valence-corrected chi connectivity index (χ3v) is 3.44. The van der Waals surface area contributed by atoms with E-state index in [1.807, 2.05) is 0 Å². The zero-order chi connectivity index (χ0) is 14.0. The van der Waals surface area contributed by atoms with Gasteiger partial charge < -0.3 is 5.32 Å². The highest BCUT2D eigenvalue weighted by Gasteiger charge is 2.20. The van der Waals surface area contributed by atoms with E-state index in [1.165, 1.54) is 12.3 Å². The Labute approximate surface area is 120 Å². The maximum absolute atomic E-state index is 11.9. The number of benzene rings is 1. The minimum atomic E-state index is -0.709. The number of nitro groups is 1. The lowest BCUT2D eigenvalue weighted by molar-refractivity contribution is -0.384. The van der Waals surface area contributed by atoms with Gasteiger partial charge in [0.05, 0.1) is 16.1 Å². The predicted molar refractivity (Wildman–Crippen MR) is 71.0 cm³/mol. The van der Waals surface area contributed by atoms with E-state index in [2.05, 4.69) is 14.9 Å². The van der Waals surface area contributed by atoms with Crippen molar-refractivity contribution in [2.24, 2.45) is 0 Å². The maximum atomic E-state index is 11.9. The molecule has 0 fully saturated rings. The number of nitrogens with zero attached hydrogens (tertiary/aromatic N) is 3. The van der Waals surface area contributed by atoms with Crippen LogP contribution < -0.4 is 5.32 Å². The SMILES string of the molecule is O=C(Nc1cnns1)c1cc(Cl)c(Cl)c([N+](=O)[O-])c1. The molecule has 1 heterocycles. The molecule has 0 atom stereocenters. The highest BCUT2D eigenvalue weighted by molar-refractivity contribution is 7.10. The fourth-order valence-corrected chi connectivity index (χ4v) is 2.05. The first-order chi connectivity index (χ1) is 8.99. The van der Waals surface area contributed by atoms with Crippen molar-refractivity contribution in [2.45, 2.75) is 0 Å². The van der Waals surface area contributed by atoms with E-state index in [-0.39, 0.29) is 15.6 Å². The molecule has 0 aliphatic heterocycles. The number of amides is 1. The molecule has 0 saturated heterocycles. The number of carbonyl (C=O) groups excluding carboxylic acids is 1. The Bertz CT molecular complexity index is 647. The lowest BCUT2D eigenvalue weighted by Gasteiger charge is -2.04. The lowest BCUT2D eigenvalue weighted by Crippen LogP contribution is -2.11. The Balaban J connectivity index is 2.35. The molecule has 0 aliphatic carbocycles. The van der Waals surface area contributed by atoms with Crippen LogP contribution in [0.25, 0.3) is 0 Å². The molecule has 98 valence electrons. The summed E-state index contributed by atoms with van der Waals surface area (Å²) < 4.78 is 3.57. The van der Waals surface area contributed by atoms with E-state index in [0.717, 1.165) is 17.6 Å². The Morgan fingerprint density at radius 1 is 1.42 bits per heavy atom. The number of rotatable bonds is 3. The van der Waals surface area contributed by atoms with E-state index >= 15 is 0 Å². The molecule has 10 heteroatoms. The normalized spacial score (nSPS) is 10.2. The van der Waals surface area contributed by atoms with Crippen LogP contribution in [0, 0.1) is 10.1 Å². The third kappa shape index (κ3) is 2.98. The van der Waals surface area contributed by atoms with Gasteiger partial charge in [0.15, 0.2) is 0 Å². The van der Waals surface area contributed by atoms with Gasteiger partial charge in [0, 0.05) is 23.2 Å². The number of nitrogens with one attached hydrogen (secondary N) is 1. The fraction of sp³-hybridized carbons (Fsp3) is 0. The maximum Gasteiger partial charge on any atom is 0.290 e. The summed E-state index contributed by atoms with van der Waals surface area (Å²) >= 11 is 12.4. The summed E-state index contributed by atoms with van der Waals surface area (Å²) in [6.07, 6.45) is 1.36. The number of hydrogen-bond acceptors (Lipinski definition) is 6. The van der Waals surface area contributed by atoms with Crippen molar-refractivity contribution in [1.29, 1.82) is 0 Å². The summed E-state index contributed by atoms with van der Waals surface area (Å²) in [7, 11) is 0. The van der Waals surface area contributed by atoms with Gasteiger partial charge in [0.1, 0.15) is 10.0 Å². The van der Waals surface area contributed by atoms with Crippen LogP contribution >= 0.6 is 34.7 Å². The molecular formula is C9H4Cl2N4O3S. The molecule has 0 bridgehead atoms. The first-order valence-corrected chi connectivity index (χ1v) is 6.24. The van der Waals surface area contributed by atoms with Gasteiger partial charge in [-0.3, -0.25) is 14.9 Å². The minimum Gasteiger partial charge on any atom is -0.311 e. The smallest absolute Gasteiger partial charge is 0.290 e. The van der Waals surface area contributed by atoms with Crippen LogP contribution in [0.5, 0.6) is 0 Å². The lowest BCUT2D eigenvalue weighted by atomic mass is 10.2. The summed E-state index contributed by atoms with van der Waals surface area (Å²) in [6, 6.07) is 2.30. The molecule has 1 amide bonds. The summed E-state index contributed by atoms with van der Waals surface area (Å²) in [5.41, 5.74) is -0.406. The Morgan fingerprint density at radius 2 is 2.16 bits per heavy atom. The molecule has 0 saturated carbocycles. The fourth-order valence-electron chi connectivity index (χ4n) is 1.24. The second-order valence-corrected chi connectivity index (χ2v) is 4.86. The van der Waals surface area contributed by atoms with Crippen LogP contribution in [-0.4, -0.2) is 20.4 Å². The highest BCUT2D eigenvalue weighted by atomic mass is 35.5. The third-order valence-electron chi connectivity index (χ3n) is 2.07. The topological polar surface area (TPSA) is 98.0 Å². The molecule has 19 heavy (non-hydrogen) atoms. The van der Waals surface area contributed by atoms with Crippen LogP contribution in [0.3, 0.4) is 0 Å². The van der Waals surface area contributed by atoms with Crippen molar-refractivity contribution >= 4 is 51.3 Å². The summed E-state index contributed by atoms with van der Waals surface area (Å²) in [5, 5.41) is 16.9. The van der Waals surface area contributed by atoms with E-state index in [4.69, 9.17) is 23.2 Å². The number of aromatic nitrogens is 2. The van der Waals surface area contributed by atoms with E-state index in [1.54, 1.807) is 0 Å². The number of carbonyl (C=O) groups is 1. The average molecular weight is 319 g/mol. The summed E-state index contributed by atoms with van der Waals surface area (Å²) in [4.78, 5) is 21.9. The van der Waals surface area contributed by atoms with E-state index < -0.39 is 16.5 Å². The van der Waals surface area contributed by atoms with Crippen molar-refractivity contribution < 1.29 is 9.72 Å². The average Bonchev–Trinajstić information content (AvgIpc) is 2.84. The van der Waals surface area contributed by atoms with Gasteiger partial charge in [-0.25, -0.2) is 0 Å². The second kappa shape index (κ2) is 5.47. The van der Waals surface area contributed by atoms with Crippen LogP contribution in [0.1, 0.15) is 10.4 Å². The van der Waals surface area contributed by atoms with Gasteiger partial charge in [0.2, 0.25) is 0 Å². The molecule has 0 radical (unpaired) electrons. The molecular weight excluding hydrogens is 315 g/mol.